The summed E-state index contributed by atoms with van der Waals surface area (Å²) in [5.41, 5.74) is -0.760. The summed E-state index contributed by atoms with van der Waals surface area (Å²) in [6, 6.07) is 0.327. The fourth-order valence-corrected chi connectivity index (χ4v) is 2.73. The lowest BCUT2D eigenvalue weighted by Gasteiger charge is -2.43. The first kappa shape index (κ1) is 19.2. The average Bonchev–Trinajstić information content (AvgIpc) is 2.29. The Hall–Kier alpha value is -0.810. The molecule has 2 N–H and O–H groups in total. The van der Waals surface area contributed by atoms with Crippen LogP contribution in [0.15, 0.2) is 0 Å². The van der Waals surface area contributed by atoms with E-state index in [1.807, 2.05) is 20.8 Å². The monoisotopic (exact) mass is 314 g/mol. The summed E-state index contributed by atoms with van der Waals surface area (Å²) in [4.78, 5) is 12.0. The molecule has 1 saturated carbocycles. The van der Waals surface area contributed by atoms with Crippen LogP contribution in [0.3, 0.4) is 0 Å². The van der Waals surface area contributed by atoms with E-state index >= 15 is 0 Å². The molecular weight excluding hydrogens is 280 g/mol. The number of carbonyl (C=O) groups excluding carboxylic acids is 1. The summed E-state index contributed by atoms with van der Waals surface area (Å²) in [6.45, 7) is 12.7. The molecule has 0 spiro atoms. The van der Waals surface area contributed by atoms with E-state index in [9.17, 15) is 4.79 Å². The number of nitrogens with one attached hydrogen (secondary N) is 2. The van der Waals surface area contributed by atoms with E-state index in [-0.39, 0.29) is 17.2 Å². The highest BCUT2D eigenvalue weighted by molar-refractivity contribution is 5.69. The Morgan fingerprint density at radius 3 is 2.23 bits per heavy atom. The zero-order valence-corrected chi connectivity index (χ0v) is 15.3. The maximum Gasteiger partial charge on any atom is 0.408 e. The molecule has 5 nitrogen and oxygen atoms in total. The molecule has 0 bridgehead atoms. The summed E-state index contributed by atoms with van der Waals surface area (Å²) in [7, 11) is 1.74. The number of amides is 1. The molecule has 1 aliphatic rings. The summed E-state index contributed by atoms with van der Waals surface area (Å²) in [6.07, 6.45) is 3.75. The third kappa shape index (κ3) is 6.53. The van der Waals surface area contributed by atoms with Crippen molar-refractivity contribution in [1.82, 2.24) is 10.6 Å². The molecule has 0 aromatic carbocycles. The van der Waals surface area contributed by atoms with E-state index in [2.05, 4.69) is 31.4 Å². The number of hydrogen-bond acceptors (Lipinski definition) is 4. The Balaban J connectivity index is 2.45. The Kier molecular flexibility index (Phi) is 6.27. The molecule has 0 aromatic heterocycles. The fourth-order valence-electron chi connectivity index (χ4n) is 2.73. The van der Waals surface area contributed by atoms with Crippen molar-refractivity contribution in [3.8, 4) is 0 Å². The van der Waals surface area contributed by atoms with E-state index in [0.29, 0.717) is 6.04 Å². The second-order valence-corrected chi connectivity index (χ2v) is 8.21. The highest BCUT2D eigenvalue weighted by Gasteiger charge is 2.39. The van der Waals surface area contributed by atoms with Gasteiger partial charge in [-0.05, 0) is 67.2 Å². The van der Waals surface area contributed by atoms with Gasteiger partial charge in [0.1, 0.15) is 5.60 Å². The lowest BCUT2D eigenvalue weighted by atomic mass is 9.76. The third-order valence-corrected chi connectivity index (χ3v) is 4.22. The lowest BCUT2D eigenvalue weighted by Crippen LogP contribution is -2.60. The first-order valence-electron chi connectivity index (χ1n) is 8.27. The minimum absolute atomic E-state index is 0.141. The van der Waals surface area contributed by atoms with Gasteiger partial charge >= 0.3 is 6.09 Å². The number of hydrogen-bond donors (Lipinski definition) is 2. The zero-order chi connectivity index (χ0) is 17.0. The van der Waals surface area contributed by atoms with Gasteiger partial charge in [-0.15, -0.1) is 0 Å². The predicted molar refractivity (Wildman–Crippen MR) is 89.1 cm³/mol. The highest BCUT2D eigenvalue weighted by atomic mass is 16.6. The van der Waals surface area contributed by atoms with Crippen molar-refractivity contribution in [3.63, 3.8) is 0 Å². The van der Waals surface area contributed by atoms with Crippen LogP contribution in [0.4, 0.5) is 4.79 Å². The van der Waals surface area contributed by atoms with Crippen LogP contribution in [-0.4, -0.2) is 42.5 Å². The topological polar surface area (TPSA) is 59.6 Å². The molecular formula is C17H34N2O3. The van der Waals surface area contributed by atoms with E-state index in [4.69, 9.17) is 9.47 Å². The predicted octanol–water partition coefficient (Wildman–Crippen LogP) is 3.23. The Bertz CT molecular complexity index is 371. The van der Waals surface area contributed by atoms with Crippen LogP contribution in [0, 0.1) is 0 Å². The molecule has 0 aliphatic heterocycles. The number of methoxy groups -OCH3 is 1. The molecule has 130 valence electrons. The standard InChI is InChI=1S/C17H34N2O3/c1-13(11-16(5,6)21-7)18-12-17(9-8-10-17)19-14(20)22-15(2,3)4/h13,18H,8-12H2,1-7H3,(H,19,20). The van der Waals surface area contributed by atoms with Crippen molar-refractivity contribution in [2.24, 2.45) is 0 Å². The van der Waals surface area contributed by atoms with Crippen molar-refractivity contribution in [1.29, 1.82) is 0 Å². The van der Waals surface area contributed by atoms with Gasteiger partial charge in [-0.2, -0.15) is 0 Å². The van der Waals surface area contributed by atoms with E-state index in [1.165, 1.54) is 0 Å². The third-order valence-electron chi connectivity index (χ3n) is 4.22. The van der Waals surface area contributed by atoms with Crippen molar-refractivity contribution in [2.45, 2.75) is 90.0 Å². The minimum atomic E-state index is -0.460. The van der Waals surface area contributed by atoms with Crippen LogP contribution in [0.2, 0.25) is 0 Å². The molecule has 1 amide bonds. The maximum atomic E-state index is 12.0. The smallest absolute Gasteiger partial charge is 0.408 e. The lowest BCUT2D eigenvalue weighted by molar-refractivity contribution is 0.00662. The number of rotatable bonds is 7. The fraction of sp³-hybridized carbons (Fsp3) is 0.941. The number of alkyl carbamates (subject to hydrolysis) is 1. The summed E-state index contributed by atoms with van der Waals surface area (Å²) >= 11 is 0. The Labute approximate surface area is 135 Å². The quantitative estimate of drug-likeness (QED) is 0.757. The second kappa shape index (κ2) is 7.18. The number of ether oxygens (including phenoxy) is 2. The van der Waals surface area contributed by atoms with Gasteiger partial charge in [0.05, 0.1) is 11.1 Å². The van der Waals surface area contributed by atoms with E-state index in [1.54, 1.807) is 7.11 Å². The van der Waals surface area contributed by atoms with Gasteiger partial charge < -0.3 is 20.1 Å². The van der Waals surface area contributed by atoms with Gasteiger partial charge in [-0.25, -0.2) is 4.79 Å². The first-order valence-corrected chi connectivity index (χ1v) is 8.27. The summed E-state index contributed by atoms with van der Waals surface area (Å²) < 4.78 is 10.8. The minimum Gasteiger partial charge on any atom is -0.444 e. The molecule has 0 saturated heterocycles. The maximum absolute atomic E-state index is 12.0. The Morgan fingerprint density at radius 2 is 1.82 bits per heavy atom. The van der Waals surface area contributed by atoms with Crippen LogP contribution in [-0.2, 0) is 9.47 Å². The van der Waals surface area contributed by atoms with Crippen molar-refractivity contribution in [2.75, 3.05) is 13.7 Å². The highest BCUT2D eigenvalue weighted by Crippen LogP contribution is 2.32. The van der Waals surface area contributed by atoms with Gasteiger partial charge in [0.15, 0.2) is 0 Å². The van der Waals surface area contributed by atoms with Gasteiger partial charge in [-0.3, -0.25) is 0 Å². The number of carbonyl (C=O) groups is 1. The molecule has 1 atom stereocenters. The molecule has 0 radical (unpaired) electrons. The van der Waals surface area contributed by atoms with Gasteiger partial charge in [0.2, 0.25) is 0 Å². The normalized spacial score (nSPS) is 19.2. The van der Waals surface area contributed by atoms with Crippen LogP contribution in [0.25, 0.3) is 0 Å². The SMILES string of the molecule is COC(C)(C)CC(C)NCC1(NC(=O)OC(C)(C)C)CCC1. The van der Waals surface area contributed by atoms with E-state index in [0.717, 1.165) is 32.2 Å². The van der Waals surface area contributed by atoms with Gasteiger partial charge in [0.25, 0.3) is 0 Å². The molecule has 22 heavy (non-hydrogen) atoms. The van der Waals surface area contributed by atoms with Crippen molar-refractivity contribution in [3.05, 3.63) is 0 Å². The molecule has 1 unspecified atom stereocenters. The van der Waals surface area contributed by atoms with Gasteiger partial charge in [0, 0.05) is 19.7 Å². The van der Waals surface area contributed by atoms with Gasteiger partial charge in [-0.1, -0.05) is 0 Å². The van der Waals surface area contributed by atoms with Crippen LogP contribution in [0.5, 0.6) is 0 Å². The average molecular weight is 314 g/mol. The van der Waals surface area contributed by atoms with Crippen LogP contribution < -0.4 is 10.6 Å². The summed E-state index contributed by atoms with van der Waals surface area (Å²) in [5, 5.41) is 6.60. The molecule has 1 aliphatic carbocycles. The van der Waals surface area contributed by atoms with Crippen LogP contribution in [0.1, 0.15) is 67.2 Å². The van der Waals surface area contributed by atoms with Crippen LogP contribution >= 0.6 is 0 Å². The Morgan fingerprint density at radius 1 is 1.23 bits per heavy atom. The van der Waals surface area contributed by atoms with Crippen molar-refractivity contribution >= 4 is 6.09 Å². The zero-order valence-electron chi connectivity index (χ0n) is 15.3. The summed E-state index contributed by atoms with van der Waals surface area (Å²) in [5.74, 6) is 0. The molecule has 1 rings (SSSR count). The van der Waals surface area contributed by atoms with E-state index < -0.39 is 5.60 Å². The molecule has 0 heterocycles. The molecule has 1 fully saturated rings. The molecule has 0 aromatic rings. The second-order valence-electron chi connectivity index (χ2n) is 8.21. The first-order chi connectivity index (χ1) is 9.97. The van der Waals surface area contributed by atoms with Crippen molar-refractivity contribution < 1.29 is 14.3 Å². The largest absolute Gasteiger partial charge is 0.444 e. The molecule has 5 heteroatoms.